The van der Waals surface area contributed by atoms with E-state index in [0.29, 0.717) is 29.9 Å². The molecule has 178 valence electrons. The van der Waals surface area contributed by atoms with Crippen molar-refractivity contribution in [3.63, 3.8) is 0 Å². The molecular weight excluding hydrogens is 440 g/mol. The molecule has 1 saturated carbocycles. The number of nitrogens with zero attached hydrogens (tertiary/aromatic N) is 4. The Morgan fingerprint density at radius 3 is 2.69 bits per heavy atom. The van der Waals surface area contributed by atoms with Gasteiger partial charge in [0, 0.05) is 6.61 Å². The largest absolute Gasteiger partial charge is 0.396 e. The number of rotatable bonds is 10. The van der Waals surface area contributed by atoms with Gasteiger partial charge in [-0.3, -0.25) is 9.88 Å². The molecule has 3 heterocycles. The van der Waals surface area contributed by atoms with Crippen LogP contribution in [0.1, 0.15) is 38.5 Å². The van der Waals surface area contributed by atoms with E-state index in [1.54, 1.807) is 4.57 Å². The van der Waals surface area contributed by atoms with Crippen LogP contribution in [0.4, 0.5) is 5.82 Å². The number of fused-ring (bicyclic) bond motifs is 1. The summed E-state index contributed by atoms with van der Waals surface area (Å²) in [5.74, 6) is -1.04. The topological polar surface area (TPSA) is 158 Å². The van der Waals surface area contributed by atoms with E-state index >= 15 is 0 Å². The van der Waals surface area contributed by atoms with Gasteiger partial charge in [-0.2, -0.15) is 0 Å². The van der Waals surface area contributed by atoms with Crippen molar-refractivity contribution in [1.29, 1.82) is 0 Å². The Bertz CT molecular complexity index is 902. The van der Waals surface area contributed by atoms with Crippen molar-refractivity contribution in [2.45, 2.75) is 74.8 Å². The molecule has 0 bridgehead atoms. The van der Waals surface area contributed by atoms with Crippen LogP contribution >= 0.6 is 11.6 Å². The third-order valence-electron chi connectivity index (χ3n) is 6.29. The highest BCUT2D eigenvalue weighted by atomic mass is 35.5. The second-order valence-electron chi connectivity index (χ2n) is 8.41. The van der Waals surface area contributed by atoms with Crippen LogP contribution < -0.4 is 10.6 Å². The number of halogens is 1. The maximum absolute atomic E-state index is 11.0. The van der Waals surface area contributed by atoms with Crippen molar-refractivity contribution in [2.75, 3.05) is 24.3 Å². The van der Waals surface area contributed by atoms with Crippen molar-refractivity contribution in [1.82, 2.24) is 24.8 Å². The molecule has 32 heavy (non-hydrogen) atoms. The number of aliphatic hydroxyl groups excluding tert-OH is 4. The summed E-state index contributed by atoms with van der Waals surface area (Å²) in [6, 6.07) is -0.118. The van der Waals surface area contributed by atoms with Crippen LogP contribution in [0.15, 0.2) is 12.7 Å². The van der Waals surface area contributed by atoms with Gasteiger partial charge in [-0.15, -0.1) is 11.6 Å². The molecule has 6 N–H and O–H groups in total. The first-order chi connectivity index (χ1) is 15.5. The van der Waals surface area contributed by atoms with Crippen LogP contribution in [0.2, 0.25) is 0 Å². The van der Waals surface area contributed by atoms with Crippen LogP contribution in [-0.2, 0) is 10.6 Å². The second-order valence-corrected chi connectivity index (χ2v) is 8.72. The van der Waals surface area contributed by atoms with E-state index in [1.165, 1.54) is 12.7 Å². The number of hydrogen-bond donors (Lipinski definition) is 6. The number of ether oxygens (including phenoxy) is 1. The van der Waals surface area contributed by atoms with E-state index < -0.39 is 30.3 Å². The summed E-state index contributed by atoms with van der Waals surface area (Å²) in [5.41, 5.74) is 0.868. The van der Waals surface area contributed by atoms with Crippen molar-refractivity contribution < 1.29 is 25.2 Å². The van der Waals surface area contributed by atoms with Crippen molar-refractivity contribution in [3.8, 4) is 0 Å². The summed E-state index contributed by atoms with van der Waals surface area (Å²) in [6.07, 6.45) is 3.80. The lowest BCUT2D eigenvalue weighted by Gasteiger charge is -2.34. The zero-order chi connectivity index (χ0) is 22.7. The Hall–Kier alpha value is -1.60. The monoisotopic (exact) mass is 470 g/mol. The minimum atomic E-state index is -1.52. The Morgan fingerprint density at radius 1 is 1.16 bits per heavy atom. The number of unbranched alkanes of at least 4 members (excludes halogenated alkanes) is 2. The molecular formula is C20H31ClN6O5. The fraction of sp³-hybridized carbons (Fsp3) is 0.750. The fourth-order valence-electron chi connectivity index (χ4n) is 4.51. The van der Waals surface area contributed by atoms with Gasteiger partial charge in [-0.1, -0.05) is 0 Å². The van der Waals surface area contributed by atoms with Gasteiger partial charge in [0.2, 0.25) is 5.85 Å². The molecule has 11 nitrogen and oxygen atoms in total. The van der Waals surface area contributed by atoms with Gasteiger partial charge in [0.05, 0.1) is 18.0 Å². The van der Waals surface area contributed by atoms with Gasteiger partial charge in [-0.05, 0) is 45.1 Å². The first-order valence-electron chi connectivity index (χ1n) is 11.1. The molecule has 0 unspecified atom stereocenters. The molecule has 1 aliphatic heterocycles. The quantitative estimate of drug-likeness (QED) is 0.204. The number of aliphatic hydroxyl groups is 4. The smallest absolute Gasteiger partial charge is 0.234 e. The van der Waals surface area contributed by atoms with Crippen molar-refractivity contribution >= 4 is 28.6 Å². The molecule has 0 amide bonds. The van der Waals surface area contributed by atoms with E-state index in [4.69, 9.17) is 21.4 Å². The summed E-state index contributed by atoms with van der Waals surface area (Å²) in [4.78, 5) is 13.1. The first kappa shape index (κ1) is 23.6. The molecule has 12 heteroatoms. The van der Waals surface area contributed by atoms with Gasteiger partial charge in [-0.25, -0.2) is 15.0 Å². The SMILES string of the molecule is OCCCCCN[C@@]1(n2cnc3c(N[C@@H]4CCC[C@@H]4O)ncnc32)O[C@H](CCl)[C@@H](O)[C@H]1O. The van der Waals surface area contributed by atoms with Crippen LogP contribution in [0.25, 0.3) is 11.2 Å². The van der Waals surface area contributed by atoms with Gasteiger partial charge in [0.1, 0.15) is 31.0 Å². The number of alkyl halides is 1. The van der Waals surface area contributed by atoms with Crippen LogP contribution in [-0.4, -0.2) is 89.4 Å². The van der Waals surface area contributed by atoms with Crippen LogP contribution in [0.5, 0.6) is 0 Å². The summed E-state index contributed by atoms with van der Waals surface area (Å²) >= 11 is 5.98. The molecule has 0 radical (unpaired) electrons. The maximum Gasteiger partial charge on any atom is 0.234 e. The summed E-state index contributed by atoms with van der Waals surface area (Å²) in [7, 11) is 0. The second kappa shape index (κ2) is 10.1. The lowest BCUT2D eigenvalue weighted by atomic mass is 10.1. The first-order valence-corrected chi connectivity index (χ1v) is 11.6. The Kier molecular flexibility index (Phi) is 7.45. The highest BCUT2D eigenvalue weighted by Crippen LogP contribution is 2.37. The van der Waals surface area contributed by atoms with Gasteiger partial charge >= 0.3 is 0 Å². The van der Waals surface area contributed by atoms with Gasteiger partial charge in [0.15, 0.2) is 17.0 Å². The Balaban J connectivity index is 1.66. The minimum absolute atomic E-state index is 0.000156. The van der Waals surface area contributed by atoms with E-state index in [0.717, 1.165) is 32.1 Å². The zero-order valence-electron chi connectivity index (χ0n) is 17.8. The minimum Gasteiger partial charge on any atom is -0.396 e. The Labute approximate surface area is 190 Å². The number of imidazole rings is 1. The predicted octanol–water partition coefficient (Wildman–Crippen LogP) is -0.126. The van der Waals surface area contributed by atoms with Crippen molar-refractivity contribution in [2.24, 2.45) is 0 Å². The third kappa shape index (κ3) is 4.30. The number of hydrogen-bond acceptors (Lipinski definition) is 10. The Morgan fingerprint density at radius 2 is 2.00 bits per heavy atom. The molecule has 2 fully saturated rings. The summed E-state index contributed by atoms with van der Waals surface area (Å²) < 4.78 is 7.64. The normalized spacial score (nSPS) is 32.7. The fourth-order valence-corrected chi connectivity index (χ4v) is 4.75. The third-order valence-corrected chi connectivity index (χ3v) is 6.60. The molecule has 1 aliphatic carbocycles. The summed E-state index contributed by atoms with van der Waals surface area (Å²) in [6.45, 7) is 0.578. The number of nitrogens with one attached hydrogen (secondary N) is 2. The number of anilines is 1. The van der Waals surface area contributed by atoms with Gasteiger partial charge < -0.3 is 30.5 Å². The lowest BCUT2D eigenvalue weighted by Crippen LogP contribution is -2.56. The molecule has 2 aromatic heterocycles. The van der Waals surface area contributed by atoms with E-state index in [9.17, 15) is 15.3 Å². The van der Waals surface area contributed by atoms with Gasteiger partial charge in [0.25, 0.3) is 0 Å². The molecule has 0 aromatic carbocycles. The maximum atomic E-state index is 11.0. The molecule has 1 saturated heterocycles. The predicted molar refractivity (Wildman–Crippen MR) is 117 cm³/mol. The van der Waals surface area contributed by atoms with E-state index in [1.807, 2.05) is 0 Å². The van der Waals surface area contributed by atoms with Crippen LogP contribution in [0.3, 0.4) is 0 Å². The van der Waals surface area contributed by atoms with E-state index in [-0.39, 0.29) is 18.5 Å². The average molecular weight is 471 g/mol. The van der Waals surface area contributed by atoms with Crippen molar-refractivity contribution in [3.05, 3.63) is 12.7 Å². The number of aromatic nitrogens is 4. The molecule has 2 aromatic rings. The standard InChI is InChI=1S/C20H31ClN6O5/c21-9-14-16(30)17(31)20(32-14,25-7-2-1-3-8-28)27-11-24-15-18(22-10-23-19(15)27)26-12-5-4-6-13(12)29/h10-14,16-17,25,28-31H,1-9H2,(H,22,23,26)/t12-,13+,14-,16-,17-,20+/m1/s1. The highest BCUT2D eigenvalue weighted by Gasteiger charge is 2.56. The highest BCUT2D eigenvalue weighted by molar-refractivity contribution is 6.18. The molecule has 4 rings (SSSR count). The lowest BCUT2D eigenvalue weighted by molar-refractivity contribution is -0.159. The summed E-state index contributed by atoms with van der Waals surface area (Å²) in [5, 5.41) is 47.2. The molecule has 2 aliphatic rings. The zero-order valence-corrected chi connectivity index (χ0v) is 18.5. The van der Waals surface area contributed by atoms with Crippen LogP contribution in [0, 0.1) is 0 Å². The average Bonchev–Trinajstić information content (AvgIpc) is 3.47. The van der Waals surface area contributed by atoms with E-state index in [2.05, 4.69) is 25.6 Å². The molecule has 6 atom stereocenters. The molecule has 0 spiro atoms.